The number of carbonyl (C=O) groups excluding carboxylic acids is 1. The van der Waals surface area contributed by atoms with Crippen LogP contribution < -0.4 is 4.90 Å². The minimum absolute atomic E-state index is 0.00181. The maximum atomic E-state index is 13.8. The molecule has 0 spiro atoms. The lowest BCUT2D eigenvalue weighted by Crippen LogP contribution is -2.44. The van der Waals surface area contributed by atoms with E-state index in [1.807, 2.05) is 59.7 Å². The lowest BCUT2D eigenvalue weighted by molar-refractivity contribution is -0.119. The molecule has 1 heterocycles. The van der Waals surface area contributed by atoms with Crippen molar-refractivity contribution in [2.45, 2.75) is 52.6 Å². The van der Waals surface area contributed by atoms with Gasteiger partial charge in [-0.15, -0.1) is 0 Å². The lowest BCUT2D eigenvalue weighted by atomic mass is 10.0. The molecule has 1 amide bonds. The number of aryl methyl sites for hydroxylation is 3. The van der Waals surface area contributed by atoms with Crippen molar-refractivity contribution in [1.29, 1.82) is 0 Å². The highest BCUT2D eigenvalue weighted by Crippen LogP contribution is 2.29. The molecule has 0 bridgehead atoms. The minimum atomic E-state index is -0.112. The molecule has 0 aliphatic heterocycles. The molecule has 0 radical (unpaired) electrons. The number of rotatable bonds is 10. The van der Waals surface area contributed by atoms with E-state index >= 15 is 0 Å². The van der Waals surface area contributed by atoms with E-state index in [1.165, 1.54) is 0 Å². The van der Waals surface area contributed by atoms with Crippen LogP contribution in [0.2, 0.25) is 0 Å². The number of benzene rings is 2. The Kier molecular flexibility index (Phi) is 7.82. The van der Waals surface area contributed by atoms with Crippen molar-refractivity contribution in [2.24, 2.45) is 0 Å². The molecular formula is C25H33N3O3. The van der Waals surface area contributed by atoms with Gasteiger partial charge in [-0.25, -0.2) is 4.98 Å². The van der Waals surface area contributed by atoms with E-state index < -0.39 is 0 Å². The number of ether oxygens (including phenoxy) is 1. The van der Waals surface area contributed by atoms with Crippen molar-refractivity contribution in [3.8, 4) is 0 Å². The number of hydrogen-bond acceptors (Lipinski definition) is 4. The highest BCUT2D eigenvalue weighted by atomic mass is 16.5. The summed E-state index contributed by atoms with van der Waals surface area (Å²) in [7, 11) is 1.66. The standard InChI is InChI=1S/C25H33N3O3/c1-5-20-11-8-10-18(2)25(20)28(19(3)17-31-4)24(30)16-27-22-13-7-6-12-21(22)26-23(27)14-9-15-29/h6-8,10-13,19,29H,5,9,14-17H2,1-4H3/t19-/m1/s1. The maximum Gasteiger partial charge on any atom is 0.247 e. The average Bonchev–Trinajstić information content (AvgIpc) is 3.11. The first-order valence-corrected chi connectivity index (χ1v) is 11.0. The molecule has 0 aliphatic carbocycles. The number of imidazole rings is 1. The molecule has 3 rings (SSSR count). The Hall–Kier alpha value is -2.70. The van der Waals surface area contributed by atoms with Gasteiger partial charge in [-0.3, -0.25) is 4.79 Å². The fraction of sp³-hybridized carbons (Fsp3) is 0.440. The minimum Gasteiger partial charge on any atom is -0.396 e. The topological polar surface area (TPSA) is 67.6 Å². The third-order valence-electron chi connectivity index (χ3n) is 5.65. The zero-order valence-corrected chi connectivity index (χ0v) is 19.0. The van der Waals surface area contributed by atoms with Gasteiger partial charge >= 0.3 is 0 Å². The quantitative estimate of drug-likeness (QED) is 0.537. The van der Waals surface area contributed by atoms with E-state index in [0.717, 1.165) is 40.1 Å². The van der Waals surface area contributed by atoms with E-state index in [4.69, 9.17) is 9.72 Å². The number of aliphatic hydroxyl groups is 1. The summed E-state index contributed by atoms with van der Waals surface area (Å²) < 4.78 is 7.40. The maximum absolute atomic E-state index is 13.8. The van der Waals surface area contributed by atoms with Crippen LogP contribution in [0.25, 0.3) is 11.0 Å². The van der Waals surface area contributed by atoms with Crippen LogP contribution in [0.4, 0.5) is 5.69 Å². The first-order chi connectivity index (χ1) is 15.0. The van der Waals surface area contributed by atoms with Gasteiger partial charge in [0, 0.05) is 20.1 Å². The van der Waals surface area contributed by atoms with E-state index in [1.54, 1.807) is 7.11 Å². The predicted octanol–water partition coefficient (Wildman–Crippen LogP) is 3.90. The largest absolute Gasteiger partial charge is 0.396 e. The van der Waals surface area contributed by atoms with E-state index in [9.17, 15) is 9.90 Å². The first-order valence-electron chi connectivity index (χ1n) is 11.0. The van der Waals surface area contributed by atoms with Crippen LogP contribution in [0.3, 0.4) is 0 Å². The fourth-order valence-corrected chi connectivity index (χ4v) is 4.20. The number of methoxy groups -OCH3 is 1. The molecule has 0 aliphatic rings. The van der Waals surface area contributed by atoms with Gasteiger partial charge in [0.05, 0.1) is 29.4 Å². The Balaban J connectivity index is 2.04. The van der Waals surface area contributed by atoms with Crippen LogP contribution in [0.1, 0.15) is 37.2 Å². The molecule has 31 heavy (non-hydrogen) atoms. The van der Waals surface area contributed by atoms with Gasteiger partial charge in [-0.2, -0.15) is 0 Å². The summed E-state index contributed by atoms with van der Waals surface area (Å²) in [5.41, 5.74) is 4.99. The molecule has 0 saturated heterocycles. The number of fused-ring (bicyclic) bond motifs is 1. The number of carbonyl (C=O) groups is 1. The van der Waals surface area contributed by atoms with Crippen molar-refractivity contribution >= 4 is 22.6 Å². The summed E-state index contributed by atoms with van der Waals surface area (Å²) in [6.07, 6.45) is 2.08. The van der Waals surface area contributed by atoms with Crippen LogP contribution in [0.15, 0.2) is 42.5 Å². The summed E-state index contributed by atoms with van der Waals surface area (Å²) in [6, 6.07) is 13.9. The number of anilines is 1. The van der Waals surface area contributed by atoms with Crippen molar-refractivity contribution in [3.63, 3.8) is 0 Å². The molecule has 0 fully saturated rings. The van der Waals surface area contributed by atoms with Gasteiger partial charge in [0.1, 0.15) is 12.4 Å². The fourth-order valence-electron chi connectivity index (χ4n) is 4.20. The zero-order valence-electron chi connectivity index (χ0n) is 19.0. The van der Waals surface area contributed by atoms with Gasteiger partial charge < -0.3 is 19.3 Å². The Labute approximate surface area is 184 Å². The van der Waals surface area contributed by atoms with Gasteiger partial charge in [-0.1, -0.05) is 37.3 Å². The molecule has 6 nitrogen and oxygen atoms in total. The molecular weight excluding hydrogens is 390 g/mol. The summed E-state index contributed by atoms with van der Waals surface area (Å²) in [4.78, 5) is 20.4. The highest BCUT2D eigenvalue weighted by molar-refractivity contribution is 5.96. The van der Waals surface area contributed by atoms with Crippen LogP contribution >= 0.6 is 0 Å². The average molecular weight is 424 g/mol. The second-order valence-electron chi connectivity index (χ2n) is 7.93. The summed E-state index contributed by atoms with van der Waals surface area (Å²) in [5.74, 6) is 0.824. The van der Waals surface area contributed by atoms with Gasteiger partial charge in [-0.05, 0) is 49.9 Å². The lowest BCUT2D eigenvalue weighted by Gasteiger charge is -2.32. The molecule has 3 aromatic rings. The number of aromatic nitrogens is 2. The molecule has 0 saturated carbocycles. The summed E-state index contributed by atoms with van der Waals surface area (Å²) in [6.45, 7) is 6.91. The summed E-state index contributed by atoms with van der Waals surface area (Å²) >= 11 is 0. The Bertz CT molecular complexity index is 1030. The van der Waals surface area contributed by atoms with Gasteiger partial charge in [0.2, 0.25) is 5.91 Å². The third-order valence-corrected chi connectivity index (χ3v) is 5.65. The Morgan fingerprint density at radius 2 is 2.00 bits per heavy atom. The van der Waals surface area contributed by atoms with E-state index in [0.29, 0.717) is 19.4 Å². The SMILES string of the molecule is CCc1cccc(C)c1N(C(=O)Cn1c(CCCO)nc2ccccc21)[C@H](C)COC. The third kappa shape index (κ3) is 4.97. The second kappa shape index (κ2) is 10.6. The first kappa shape index (κ1) is 23.0. The van der Waals surface area contributed by atoms with Crippen LogP contribution in [-0.2, 0) is 28.9 Å². The molecule has 1 atom stereocenters. The molecule has 0 unspecified atom stereocenters. The van der Waals surface area contributed by atoms with Crippen molar-refractivity contribution < 1.29 is 14.6 Å². The molecule has 1 N–H and O–H groups in total. The Morgan fingerprint density at radius 1 is 1.23 bits per heavy atom. The monoisotopic (exact) mass is 423 g/mol. The highest BCUT2D eigenvalue weighted by Gasteiger charge is 2.27. The number of aliphatic hydroxyl groups excluding tert-OH is 1. The van der Waals surface area contributed by atoms with Crippen molar-refractivity contribution in [3.05, 3.63) is 59.4 Å². The summed E-state index contributed by atoms with van der Waals surface area (Å²) in [5, 5.41) is 9.31. The van der Waals surface area contributed by atoms with Gasteiger partial charge in [0.15, 0.2) is 0 Å². The van der Waals surface area contributed by atoms with Crippen LogP contribution in [0.5, 0.6) is 0 Å². The zero-order chi connectivity index (χ0) is 22.4. The molecule has 6 heteroatoms. The number of hydrogen-bond donors (Lipinski definition) is 1. The predicted molar refractivity (Wildman–Crippen MR) is 125 cm³/mol. The van der Waals surface area contributed by atoms with Crippen LogP contribution in [0, 0.1) is 6.92 Å². The molecule has 1 aromatic heterocycles. The number of para-hydroxylation sites is 3. The van der Waals surface area contributed by atoms with Gasteiger partial charge in [0.25, 0.3) is 0 Å². The van der Waals surface area contributed by atoms with Crippen molar-refractivity contribution in [2.75, 3.05) is 25.2 Å². The Morgan fingerprint density at radius 3 is 2.71 bits per heavy atom. The molecule has 166 valence electrons. The van der Waals surface area contributed by atoms with E-state index in [-0.39, 0.29) is 25.1 Å². The normalized spacial score (nSPS) is 12.3. The number of amides is 1. The number of nitrogens with zero attached hydrogens (tertiary/aromatic N) is 3. The second-order valence-corrected chi connectivity index (χ2v) is 7.93. The smallest absolute Gasteiger partial charge is 0.247 e. The molecule has 2 aromatic carbocycles. The van der Waals surface area contributed by atoms with Crippen molar-refractivity contribution in [1.82, 2.24) is 9.55 Å². The van der Waals surface area contributed by atoms with Crippen LogP contribution in [-0.4, -0.2) is 46.9 Å². The van der Waals surface area contributed by atoms with E-state index in [2.05, 4.69) is 13.0 Å².